The fourth-order valence-corrected chi connectivity index (χ4v) is 5.56. The first-order chi connectivity index (χ1) is 15.1. The first-order valence-electron chi connectivity index (χ1n) is 11.7. The number of hydrogen-bond acceptors (Lipinski definition) is 4. The van der Waals surface area contributed by atoms with Crippen molar-refractivity contribution in [1.29, 1.82) is 0 Å². The summed E-state index contributed by atoms with van der Waals surface area (Å²) in [7, 11) is 6.00. The zero-order valence-corrected chi connectivity index (χ0v) is 20.4. The van der Waals surface area contributed by atoms with Crippen molar-refractivity contribution >= 4 is 11.9 Å². The summed E-state index contributed by atoms with van der Waals surface area (Å²) in [5.41, 5.74) is 5.94. The fraction of sp³-hybridized carbons (Fsp3) is 0.680. The number of urea groups is 1. The van der Waals surface area contributed by atoms with Gasteiger partial charge in [0.25, 0.3) is 0 Å². The van der Waals surface area contributed by atoms with Crippen LogP contribution in [0.2, 0.25) is 0 Å². The zero-order valence-electron chi connectivity index (χ0n) is 20.4. The highest BCUT2D eigenvalue weighted by molar-refractivity contribution is 5.83. The summed E-state index contributed by atoms with van der Waals surface area (Å²) in [5, 5.41) is 0. The Morgan fingerprint density at radius 1 is 1.16 bits per heavy atom. The first kappa shape index (κ1) is 24.5. The Morgan fingerprint density at radius 3 is 2.31 bits per heavy atom. The van der Waals surface area contributed by atoms with Crippen molar-refractivity contribution in [1.82, 2.24) is 14.7 Å². The average Bonchev–Trinajstić information content (AvgIpc) is 3.00. The summed E-state index contributed by atoms with van der Waals surface area (Å²) in [5.74, 6) is -0.378. The van der Waals surface area contributed by atoms with Crippen LogP contribution in [0.25, 0.3) is 0 Å². The lowest BCUT2D eigenvalue weighted by molar-refractivity contribution is -0.126. The van der Waals surface area contributed by atoms with E-state index >= 15 is 0 Å². The van der Waals surface area contributed by atoms with Crippen molar-refractivity contribution in [3.63, 3.8) is 0 Å². The highest BCUT2D eigenvalue weighted by Gasteiger charge is 2.54. The van der Waals surface area contributed by atoms with Crippen molar-refractivity contribution in [3.8, 4) is 0 Å². The third-order valence-corrected chi connectivity index (χ3v) is 7.72. The van der Waals surface area contributed by atoms with E-state index in [-0.39, 0.29) is 23.0 Å². The number of benzene rings is 1. The minimum absolute atomic E-state index is 0.0208. The molecule has 1 aliphatic carbocycles. The molecule has 2 N–H and O–H groups in total. The molecule has 1 saturated carbocycles. The molecular weight excluding hydrogens is 404 g/mol. The van der Waals surface area contributed by atoms with E-state index in [9.17, 15) is 9.59 Å². The maximum Gasteiger partial charge on any atom is 0.320 e. The molecule has 1 aliphatic heterocycles. The number of carbonyl (C=O) groups excluding carboxylic acids is 2. The van der Waals surface area contributed by atoms with Gasteiger partial charge in [0.05, 0.1) is 11.0 Å². The van der Waals surface area contributed by atoms with Crippen LogP contribution in [0.1, 0.15) is 51.5 Å². The molecule has 1 heterocycles. The van der Waals surface area contributed by atoms with Gasteiger partial charge in [-0.05, 0) is 65.6 Å². The number of methoxy groups -OCH3 is 1. The van der Waals surface area contributed by atoms with Crippen LogP contribution in [0, 0.1) is 5.41 Å². The Labute approximate surface area is 192 Å². The van der Waals surface area contributed by atoms with Gasteiger partial charge in [0, 0.05) is 38.9 Å². The van der Waals surface area contributed by atoms with Crippen LogP contribution >= 0.6 is 0 Å². The van der Waals surface area contributed by atoms with Gasteiger partial charge in [-0.2, -0.15) is 0 Å². The summed E-state index contributed by atoms with van der Waals surface area (Å²) < 4.78 is 5.25. The third kappa shape index (κ3) is 4.50. The molecule has 0 radical (unpaired) electrons. The van der Waals surface area contributed by atoms with Crippen LogP contribution in [0.3, 0.4) is 0 Å². The Kier molecular flexibility index (Phi) is 7.20. The van der Waals surface area contributed by atoms with Gasteiger partial charge in [0.1, 0.15) is 0 Å². The molecule has 2 aliphatic rings. The molecule has 3 rings (SSSR count). The number of ether oxygens (including phenoxy) is 1. The van der Waals surface area contributed by atoms with Crippen molar-refractivity contribution in [2.24, 2.45) is 11.1 Å². The molecule has 1 aromatic carbocycles. The van der Waals surface area contributed by atoms with Gasteiger partial charge in [-0.1, -0.05) is 30.3 Å². The molecule has 1 aromatic rings. The summed E-state index contributed by atoms with van der Waals surface area (Å²) in [6, 6.07) is 10.7. The number of nitrogens with two attached hydrogens (primary N) is 1. The van der Waals surface area contributed by atoms with Gasteiger partial charge in [-0.3, -0.25) is 9.69 Å². The third-order valence-electron chi connectivity index (χ3n) is 7.72. The number of carbonyl (C=O) groups is 2. The Morgan fingerprint density at radius 2 is 1.78 bits per heavy atom. The van der Waals surface area contributed by atoms with Crippen molar-refractivity contribution < 1.29 is 14.3 Å². The summed E-state index contributed by atoms with van der Waals surface area (Å²) in [4.78, 5) is 31.7. The predicted molar refractivity (Wildman–Crippen MR) is 126 cm³/mol. The van der Waals surface area contributed by atoms with Gasteiger partial charge in [-0.25, -0.2) is 4.79 Å². The van der Waals surface area contributed by atoms with Crippen LogP contribution in [0.4, 0.5) is 4.79 Å². The second-order valence-electron chi connectivity index (χ2n) is 10.4. The SMILES string of the molecule is COCCCN1C(=O)N(CC(C)(C)C(N)=O)C[C@]12CC[C@@](c1ccccc1)(N(C)C)CC2. The topological polar surface area (TPSA) is 79.1 Å². The molecule has 0 atom stereocenters. The average molecular weight is 445 g/mol. The van der Waals surface area contributed by atoms with Crippen LogP contribution in [-0.4, -0.2) is 79.6 Å². The van der Waals surface area contributed by atoms with Gasteiger partial charge in [0.2, 0.25) is 5.91 Å². The summed E-state index contributed by atoms with van der Waals surface area (Å²) >= 11 is 0. The number of hydrogen-bond donors (Lipinski definition) is 1. The van der Waals surface area contributed by atoms with E-state index in [2.05, 4.69) is 54.2 Å². The Balaban J connectivity index is 1.86. The molecule has 0 unspecified atom stereocenters. The van der Waals surface area contributed by atoms with Crippen LogP contribution in [0.15, 0.2) is 30.3 Å². The van der Waals surface area contributed by atoms with Crippen molar-refractivity contribution in [2.45, 2.75) is 57.0 Å². The molecular formula is C25H40N4O3. The summed E-state index contributed by atoms with van der Waals surface area (Å²) in [6.45, 7) is 5.92. The highest BCUT2D eigenvalue weighted by atomic mass is 16.5. The van der Waals surface area contributed by atoms with Gasteiger partial charge in [0.15, 0.2) is 0 Å². The lowest BCUT2D eigenvalue weighted by Gasteiger charge is -2.51. The predicted octanol–water partition coefficient (Wildman–Crippen LogP) is 3.04. The van der Waals surface area contributed by atoms with E-state index in [1.54, 1.807) is 7.11 Å². The van der Waals surface area contributed by atoms with Crippen molar-refractivity contribution in [2.75, 3.05) is 47.4 Å². The van der Waals surface area contributed by atoms with Crippen molar-refractivity contribution in [3.05, 3.63) is 35.9 Å². The lowest BCUT2D eigenvalue weighted by Crippen LogP contribution is -2.55. The molecule has 7 heteroatoms. The molecule has 1 saturated heterocycles. The van der Waals surface area contributed by atoms with Crippen LogP contribution in [0.5, 0.6) is 0 Å². The van der Waals surface area contributed by atoms with E-state index in [0.717, 1.165) is 32.1 Å². The second-order valence-corrected chi connectivity index (χ2v) is 10.4. The van der Waals surface area contributed by atoms with Gasteiger partial charge >= 0.3 is 6.03 Å². The van der Waals surface area contributed by atoms with Crippen LogP contribution in [-0.2, 0) is 15.1 Å². The normalized spacial score (nSPS) is 26.4. The second kappa shape index (κ2) is 9.40. The quantitative estimate of drug-likeness (QED) is 0.594. The molecule has 32 heavy (non-hydrogen) atoms. The van der Waals surface area contributed by atoms with E-state index < -0.39 is 5.41 Å². The number of amides is 3. The van der Waals surface area contributed by atoms with Gasteiger partial charge in [-0.15, -0.1) is 0 Å². The minimum atomic E-state index is -0.758. The van der Waals surface area contributed by atoms with Gasteiger partial charge < -0.3 is 20.3 Å². The lowest BCUT2D eigenvalue weighted by atomic mass is 9.68. The first-order valence-corrected chi connectivity index (χ1v) is 11.7. The molecule has 0 bridgehead atoms. The molecule has 7 nitrogen and oxygen atoms in total. The standard InChI is InChI=1S/C25H40N4O3/c1-23(2,21(26)30)18-28-19-24(29(22(28)31)16-9-17-32-5)12-14-25(15-13-24,27(3)4)20-10-7-6-8-11-20/h6-8,10-11H,9,12-19H2,1-5H3,(H2,26,30)/t24-,25-. The molecule has 3 amide bonds. The molecule has 178 valence electrons. The molecule has 2 fully saturated rings. The van der Waals surface area contributed by atoms with E-state index in [0.29, 0.717) is 26.2 Å². The largest absolute Gasteiger partial charge is 0.385 e. The Bertz CT molecular complexity index is 801. The zero-order chi connectivity index (χ0) is 23.6. The molecule has 1 spiro atoms. The monoisotopic (exact) mass is 444 g/mol. The maximum absolute atomic E-state index is 13.5. The maximum atomic E-state index is 13.5. The number of rotatable bonds is 9. The minimum Gasteiger partial charge on any atom is -0.385 e. The van der Waals surface area contributed by atoms with E-state index in [4.69, 9.17) is 10.5 Å². The van der Waals surface area contributed by atoms with Crippen LogP contribution < -0.4 is 5.73 Å². The fourth-order valence-electron chi connectivity index (χ4n) is 5.56. The Hall–Kier alpha value is -2.12. The highest BCUT2D eigenvalue weighted by Crippen LogP contribution is 2.49. The summed E-state index contributed by atoms with van der Waals surface area (Å²) in [6.07, 6.45) is 4.60. The number of primary amides is 1. The smallest absolute Gasteiger partial charge is 0.320 e. The molecule has 0 aromatic heterocycles. The van der Waals surface area contributed by atoms with E-state index in [1.165, 1.54) is 5.56 Å². The number of nitrogens with zero attached hydrogens (tertiary/aromatic N) is 3. The van der Waals surface area contributed by atoms with E-state index in [1.807, 2.05) is 18.7 Å².